The van der Waals surface area contributed by atoms with E-state index in [0.29, 0.717) is 17.5 Å². The zero-order valence-corrected chi connectivity index (χ0v) is 10.7. The normalized spacial score (nSPS) is 13.7. The first kappa shape index (κ1) is 15.0. The topological polar surface area (TPSA) is 20.2 Å². The minimum Gasteiger partial charge on any atom is -0.392 e. The molecule has 0 saturated carbocycles. The fraction of sp³-hybridized carbons (Fsp3) is 0.571. The summed E-state index contributed by atoms with van der Waals surface area (Å²) in [6.07, 6.45) is -2.06. The van der Waals surface area contributed by atoms with Crippen molar-refractivity contribution in [3.8, 4) is 0 Å². The van der Waals surface area contributed by atoms with E-state index in [-0.39, 0.29) is 12.5 Å². The van der Waals surface area contributed by atoms with Gasteiger partial charge in [-0.3, -0.25) is 0 Å². The average molecular weight is 260 g/mol. The first-order chi connectivity index (χ1) is 8.43. The molecule has 0 bridgehead atoms. The van der Waals surface area contributed by atoms with E-state index in [1.165, 1.54) is 6.07 Å². The van der Waals surface area contributed by atoms with Crippen LogP contribution in [0.15, 0.2) is 18.2 Å². The molecule has 1 N–H and O–H groups in total. The third kappa shape index (κ3) is 3.48. The maximum Gasteiger partial charge on any atom is 0.416 e. The third-order valence-electron chi connectivity index (χ3n) is 3.18. The third-order valence-corrected chi connectivity index (χ3v) is 3.18. The van der Waals surface area contributed by atoms with Crippen LogP contribution in [0.3, 0.4) is 0 Å². The van der Waals surface area contributed by atoms with Crippen molar-refractivity contribution in [2.24, 2.45) is 0 Å². The number of benzene rings is 1. The molecule has 1 nitrogen and oxygen atoms in total. The SMILES string of the molecule is CCCC(CC)c1ccc(CO)cc1C(F)(F)F. The van der Waals surface area contributed by atoms with Crippen LogP contribution in [0, 0.1) is 0 Å². The molecule has 18 heavy (non-hydrogen) atoms. The van der Waals surface area contributed by atoms with Crippen LogP contribution in [-0.2, 0) is 12.8 Å². The first-order valence-electron chi connectivity index (χ1n) is 6.24. The number of alkyl halides is 3. The molecule has 1 atom stereocenters. The van der Waals surface area contributed by atoms with Gasteiger partial charge in [-0.2, -0.15) is 13.2 Å². The average Bonchev–Trinajstić information content (AvgIpc) is 2.34. The lowest BCUT2D eigenvalue weighted by Gasteiger charge is -2.21. The summed E-state index contributed by atoms with van der Waals surface area (Å²) in [7, 11) is 0. The van der Waals surface area contributed by atoms with E-state index in [1.54, 1.807) is 6.07 Å². The van der Waals surface area contributed by atoms with Gasteiger partial charge in [0.05, 0.1) is 12.2 Å². The summed E-state index contributed by atoms with van der Waals surface area (Å²) < 4.78 is 39.1. The van der Waals surface area contributed by atoms with Gasteiger partial charge in [-0.05, 0) is 36.0 Å². The highest BCUT2D eigenvalue weighted by atomic mass is 19.4. The van der Waals surface area contributed by atoms with Gasteiger partial charge in [0, 0.05) is 0 Å². The van der Waals surface area contributed by atoms with Gasteiger partial charge < -0.3 is 5.11 Å². The number of aliphatic hydroxyl groups is 1. The van der Waals surface area contributed by atoms with Gasteiger partial charge in [0.1, 0.15) is 0 Å². The number of halogens is 3. The van der Waals surface area contributed by atoms with Crippen LogP contribution in [0.5, 0.6) is 0 Å². The predicted octanol–water partition coefficient (Wildman–Crippen LogP) is 4.49. The van der Waals surface area contributed by atoms with Crippen LogP contribution < -0.4 is 0 Å². The second kappa shape index (κ2) is 6.23. The molecule has 102 valence electrons. The van der Waals surface area contributed by atoms with Gasteiger partial charge in [0.25, 0.3) is 0 Å². The van der Waals surface area contributed by atoms with Crippen LogP contribution in [0.2, 0.25) is 0 Å². The number of hydrogen-bond acceptors (Lipinski definition) is 1. The lowest BCUT2D eigenvalue weighted by Crippen LogP contribution is -2.13. The monoisotopic (exact) mass is 260 g/mol. The maximum atomic E-state index is 13.0. The van der Waals surface area contributed by atoms with Crippen molar-refractivity contribution in [3.63, 3.8) is 0 Å². The molecule has 1 aromatic rings. The molecule has 1 aromatic carbocycles. The molecule has 1 rings (SSSR count). The Labute approximate surface area is 106 Å². The summed E-state index contributed by atoms with van der Waals surface area (Å²) >= 11 is 0. The Hall–Kier alpha value is -1.03. The van der Waals surface area contributed by atoms with Gasteiger partial charge in [0.2, 0.25) is 0 Å². The van der Waals surface area contributed by atoms with Crippen molar-refractivity contribution in [2.45, 2.75) is 51.8 Å². The Kier molecular flexibility index (Phi) is 5.20. The number of rotatable bonds is 5. The molecule has 0 radical (unpaired) electrons. The van der Waals surface area contributed by atoms with Gasteiger partial charge in [-0.1, -0.05) is 32.4 Å². The van der Waals surface area contributed by atoms with E-state index >= 15 is 0 Å². The minimum absolute atomic E-state index is 0.0700. The second-order valence-corrected chi connectivity index (χ2v) is 4.47. The maximum absolute atomic E-state index is 13.0. The molecule has 1 unspecified atom stereocenters. The largest absolute Gasteiger partial charge is 0.416 e. The standard InChI is InChI=1S/C14H19F3O/c1-3-5-11(4-2)12-7-6-10(9-18)8-13(12)14(15,16)17/h6-8,11,18H,3-5,9H2,1-2H3. The fourth-order valence-corrected chi connectivity index (χ4v) is 2.23. The smallest absolute Gasteiger partial charge is 0.392 e. The summed E-state index contributed by atoms with van der Waals surface area (Å²) in [5.74, 6) is -0.0700. The molecular formula is C14H19F3O. The molecule has 0 fully saturated rings. The summed E-state index contributed by atoms with van der Waals surface area (Å²) in [5.41, 5.74) is 0.0517. The lowest BCUT2D eigenvalue weighted by atomic mass is 9.87. The molecule has 0 saturated heterocycles. The van der Waals surface area contributed by atoms with Gasteiger partial charge >= 0.3 is 6.18 Å². The first-order valence-corrected chi connectivity index (χ1v) is 6.24. The highest BCUT2D eigenvalue weighted by Gasteiger charge is 2.34. The molecule has 4 heteroatoms. The Bertz CT molecular complexity index is 385. The molecule has 0 amide bonds. The van der Waals surface area contributed by atoms with E-state index < -0.39 is 11.7 Å². The van der Waals surface area contributed by atoms with E-state index in [0.717, 1.165) is 18.9 Å². The Morgan fingerprint density at radius 1 is 1.22 bits per heavy atom. The zero-order chi connectivity index (χ0) is 13.8. The Balaban J connectivity index is 3.25. The van der Waals surface area contributed by atoms with Crippen LogP contribution in [0.25, 0.3) is 0 Å². The number of hydrogen-bond donors (Lipinski definition) is 1. The zero-order valence-electron chi connectivity index (χ0n) is 10.7. The van der Waals surface area contributed by atoms with E-state index in [2.05, 4.69) is 0 Å². The number of aliphatic hydroxyl groups excluding tert-OH is 1. The van der Waals surface area contributed by atoms with Crippen molar-refractivity contribution in [1.29, 1.82) is 0 Å². The predicted molar refractivity (Wildman–Crippen MR) is 65.3 cm³/mol. The van der Waals surface area contributed by atoms with Crippen LogP contribution in [0.4, 0.5) is 13.2 Å². The summed E-state index contributed by atoms with van der Waals surface area (Å²) in [6.45, 7) is 3.51. The van der Waals surface area contributed by atoms with Crippen molar-refractivity contribution in [3.05, 3.63) is 34.9 Å². The summed E-state index contributed by atoms with van der Waals surface area (Å²) in [4.78, 5) is 0. The van der Waals surface area contributed by atoms with E-state index in [9.17, 15) is 13.2 Å². The van der Waals surface area contributed by atoms with Crippen molar-refractivity contribution in [1.82, 2.24) is 0 Å². The highest BCUT2D eigenvalue weighted by molar-refractivity contribution is 5.36. The molecule has 0 aliphatic rings. The van der Waals surface area contributed by atoms with E-state index in [1.807, 2.05) is 13.8 Å². The summed E-state index contributed by atoms with van der Waals surface area (Å²) in [6, 6.07) is 4.15. The molecule has 0 aliphatic heterocycles. The molecular weight excluding hydrogens is 241 g/mol. The fourth-order valence-electron chi connectivity index (χ4n) is 2.23. The molecule has 0 aromatic heterocycles. The van der Waals surface area contributed by atoms with Crippen molar-refractivity contribution in [2.75, 3.05) is 0 Å². The van der Waals surface area contributed by atoms with E-state index in [4.69, 9.17) is 5.11 Å². The van der Waals surface area contributed by atoms with Gasteiger partial charge in [-0.25, -0.2) is 0 Å². The Morgan fingerprint density at radius 2 is 1.89 bits per heavy atom. The molecule has 0 spiro atoms. The second-order valence-electron chi connectivity index (χ2n) is 4.47. The van der Waals surface area contributed by atoms with Crippen LogP contribution in [0.1, 0.15) is 55.7 Å². The van der Waals surface area contributed by atoms with Crippen molar-refractivity contribution >= 4 is 0 Å². The minimum atomic E-state index is -4.36. The highest BCUT2D eigenvalue weighted by Crippen LogP contribution is 2.38. The van der Waals surface area contributed by atoms with Crippen molar-refractivity contribution < 1.29 is 18.3 Å². The molecule has 0 heterocycles. The van der Waals surface area contributed by atoms with Crippen LogP contribution >= 0.6 is 0 Å². The Morgan fingerprint density at radius 3 is 2.33 bits per heavy atom. The van der Waals surface area contributed by atoms with Gasteiger partial charge in [-0.15, -0.1) is 0 Å². The molecule has 0 aliphatic carbocycles. The summed E-state index contributed by atoms with van der Waals surface area (Å²) in [5, 5.41) is 8.95. The quantitative estimate of drug-likeness (QED) is 0.827. The van der Waals surface area contributed by atoms with Crippen LogP contribution in [-0.4, -0.2) is 5.11 Å². The van der Waals surface area contributed by atoms with Gasteiger partial charge in [0.15, 0.2) is 0 Å². The lowest BCUT2D eigenvalue weighted by molar-refractivity contribution is -0.138.